The first kappa shape index (κ1) is 17.1. The minimum atomic E-state index is -4.14. The normalized spacial score (nSPS) is 11.6. The SMILES string of the molecule is COc1cc(C)c(NS(=O)(=O)c2ccc(C(F)F)o2)cc1OC. The van der Waals surface area contributed by atoms with E-state index in [2.05, 4.69) is 9.14 Å². The van der Waals surface area contributed by atoms with Crippen molar-refractivity contribution in [2.24, 2.45) is 0 Å². The number of benzene rings is 1. The van der Waals surface area contributed by atoms with Crippen LogP contribution in [0, 0.1) is 6.92 Å². The number of sulfonamides is 1. The maximum atomic E-state index is 12.5. The van der Waals surface area contributed by atoms with Gasteiger partial charge in [0, 0.05) is 6.07 Å². The van der Waals surface area contributed by atoms with Crippen LogP contribution in [0.4, 0.5) is 14.5 Å². The maximum Gasteiger partial charge on any atom is 0.295 e. The van der Waals surface area contributed by atoms with E-state index in [0.29, 0.717) is 17.1 Å². The third-order valence-corrected chi connectivity index (χ3v) is 4.29. The topological polar surface area (TPSA) is 77.8 Å². The standard InChI is InChI=1S/C14H15F2NO5S/c1-8-6-11(20-2)12(21-3)7-9(8)17-23(18,19)13-5-4-10(22-13)14(15)16/h4-7,14,17H,1-3H3. The summed E-state index contributed by atoms with van der Waals surface area (Å²) < 4.78 is 66.6. The highest BCUT2D eigenvalue weighted by molar-refractivity contribution is 7.92. The maximum absolute atomic E-state index is 12.5. The summed E-state index contributed by atoms with van der Waals surface area (Å²) in [7, 11) is -1.28. The van der Waals surface area contributed by atoms with Crippen LogP contribution in [0.2, 0.25) is 0 Å². The van der Waals surface area contributed by atoms with Gasteiger partial charge in [0.2, 0.25) is 5.09 Å². The minimum absolute atomic E-state index is 0.220. The van der Waals surface area contributed by atoms with Gasteiger partial charge in [0.25, 0.3) is 16.4 Å². The molecule has 23 heavy (non-hydrogen) atoms. The number of alkyl halides is 2. The molecule has 2 rings (SSSR count). The summed E-state index contributed by atoms with van der Waals surface area (Å²) in [5, 5.41) is -0.595. The van der Waals surface area contributed by atoms with Crippen LogP contribution >= 0.6 is 0 Å². The molecule has 0 unspecified atom stereocenters. The summed E-state index contributed by atoms with van der Waals surface area (Å²) in [5.74, 6) is 0.0452. The van der Waals surface area contributed by atoms with Crippen LogP contribution in [-0.4, -0.2) is 22.6 Å². The average molecular weight is 347 g/mol. The lowest BCUT2D eigenvalue weighted by Gasteiger charge is -2.13. The minimum Gasteiger partial charge on any atom is -0.493 e. The van der Waals surface area contributed by atoms with E-state index in [1.54, 1.807) is 13.0 Å². The second-order valence-electron chi connectivity index (χ2n) is 4.59. The summed E-state index contributed by atoms with van der Waals surface area (Å²) >= 11 is 0. The molecule has 9 heteroatoms. The largest absolute Gasteiger partial charge is 0.493 e. The van der Waals surface area contributed by atoms with Crippen LogP contribution in [0.5, 0.6) is 11.5 Å². The summed E-state index contributed by atoms with van der Waals surface area (Å²) in [6.07, 6.45) is -2.89. The second kappa shape index (κ2) is 6.45. The fourth-order valence-corrected chi connectivity index (χ4v) is 2.94. The molecule has 0 spiro atoms. The van der Waals surface area contributed by atoms with E-state index >= 15 is 0 Å². The fourth-order valence-electron chi connectivity index (χ4n) is 1.88. The van der Waals surface area contributed by atoms with Gasteiger partial charge in [0.05, 0.1) is 19.9 Å². The van der Waals surface area contributed by atoms with Gasteiger partial charge in [-0.25, -0.2) is 8.78 Å². The number of anilines is 1. The fraction of sp³-hybridized carbons (Fsp3) is 0.286. The van der Waals surface area contributed by atoms with Crippen molar-refractivity contribution in [2.75, 3.05) is 18.9 Å². The quantitative estimate of drug-likeness (QED) is 0.867. The van der Waals surface area contributed by atoms with E-state index in [9.17, 15) is 17.2 Å². The molecular weight excluding hydrogens is 332 g/mol. The van der Waals surface area contributed by atoms with Gasteiger partial charge in [-0.1, -0.05) is 0 Å². The number of ether oxygens (including phenoxy) is 2. The molecule has 6 nitrogen and oxygen atoms in total. The van der Waals surface area contributed by atoms with Crippen LogP contribution in [0.1, 0.15) is 17.7 Å². The monoisotopic (exact) mass is 347 g/mol. The van der Waals surface area contributed by atoms with Crippen LogP contribution < -0.4 is 14.2 Å². The Balaban J connectivity index is 2.36. The zero-order chi connectivity index (χ0) is 17.2. The highest BCUT2D eigenvalue weighted by atomic mass is 32.2. The van der Waals surface area contributed by atoms with Gasteiger partial charge >= 0.3 is 0 Å². The molecule has 0 bridgehead atoms. The first-order chi connectivity index (χ1) is 10.8. The number of methoxy groups -OCH3 is 2. The first-order valence-corrected chi connectivity index (χ1v) is 7.90. The Kier molecular flexibility index (Phi) is 4.79. The Morgan fingerprint density at radius 3 is 2.26 bits per heavy atom. The number of aryl methyl sites for hydroxylation is 1. The Labute approximate surface area is 132 Å². The zero-order valence-corrected chi connectivity index (χ0v) is 13.4. The summed E-state index contributed by atoms with van der Waals surface area (Å²) in [4.78, 5) is 0. The lowest BCUT2D eigenvalue weighted by atomic mass is 10.2. The van der Waals surface area contributed by atoms with Crippen molar-refractivity contribution in [2.45, 2.75) is 18.4 Å². The second-order valence-corrected chi connectivity index (χ2v) is 6.20. The van der Waals surface area contributed by atoms with Crippen LogP contribution in [-0.2, 0) is 10.0 Å². The molecule has 1 N–H and O–H groups in total. The van der Waals surface area contributed by atoms with Crippen molar-refractivity contribution in [3.05, 3.63) is 35.6 Å². The highest BCUT2D eigenvalue weighted by Gasteiger charge is 2.23. The van der Waals surface area contributed by atoms with E-state index in [0.717, 1.165) is 12.1 Å². The van der Waals surface area contributed by atoms with E-state index < -0.39 is 27.3 Å². The third kappa shape index (κ3) is 3.55. The van der Waals surface area contributed by atoms with Gasteiger partial charge < -0.3 is 13.9 Å². The molecule has 126 valence electrons. The molecule has 0 saturated heterocycles. The Morgan fingerprint density at radius 2 is 1.74 bits per heavy atom. The number of hydrogen-bond acceptors (Lipinski definition) is 5. The third-order valence-electron chi connectivity index (χ3n) is 3.06. The number of halogens is 2. The van der Waals surface area contributed by atoms with E-state index in [1.165, 1.54) is 20.3 Å². The molecule has 0 amide bonds. The molecule has 0 aliphatic heterocycles. The predicted molar refractivity (Wildman–Crippen MR) is 78.8 cm³/mol. The Hall–Kier alpha value is -2.29. The van der Waals surface area contributed by atoms with Crippen molar-refractivity contribution in [1.29, 1.82) is 0 Å². The van der Waals surface area contributed by atoms with Gasteiger partial charge in [-0.3, -0.25) is 4.72 Å². The van der Waals surface area contributed by atoms with Crippen LogP contribution in [0.3, 0.4) is 0 Å². The van der Waals surface area contributed by atoms with E-state index in [4.69, 9.17) is 9.47 Å². The molecule has 1 aromatic carbocycles. The zero-order valence-electron chi connectivity index (χ0n) is 12.6. The van der Waals surface area contributed by atoms with Crippen molar-refractivity contribution in [1.82, 2.24) is 0 Å². The molecular formula is C14H15F2NO5S. The van der Waals surface area contributed by atoms with Crippen molar-refractivity contribution in [3.8, 4) is 11.5 Å². The molecule has 1 aromatic heterocycles. The van der Waals surface area contributed by atoms with Crippen LogP contribution in [0.25, 0.3) is 0 Å². The number of rotatable bonds is 6. The average Bonchev–Trinajstić information content (AvgIpc) is 2.99. The lowest BCUT2D eigenvalue weighted by molar-refractivity contribution is 0.116. The van der Waals surface area contributed by atoms with Gasteiger partial charge in [-0.05, 0) is 30.7 Å². The molecule has 2 aromatic rings. The molecule has 0 atom stereocenters. The van der Waals surface area contributed by atoms with Crippen LogP contribution in [0.15, 0.2) is 33.8 Å². The Bertz CT molecular complexity index is 801. The van der Waals surface area contributed by atoms with Crippen molar-refractivity contribution >= 4 is 15.7 Å². The molecule has 0 radical (unpaired) electrons. The smallest absolute Gasteiger partial charge is 0.295 e. The number of nitrogens with one attached hydrogen (secondary N) is 1. The van der Waals surface area contributed by atoms with Crippen molar-refractivity contribution < 1.29 is 31.1 Å². The van der Waals surface area contributed by atoms with Gasteiger partial charge in [-0.15, -0.1) is 0 Å². The van der Waals surface area contributed by atoms with Crippen molar-refractivity contribution in [3.63, 3.8) is 0 Å². The molecule has 0 fully saturated rings. The Morgan fingerprint density at radius 1 is 1.13 bits per heavy atom. The molecule has 0 aliphatic rings. The number of furan rings is 1. The van der Waals surface area contributed by atoms with E-state index in [1.807, 2.05) is 0 Å². The predicted octanol–water partition coefficient (Wildman–Crippen LogP) is 3.34. The first-order valence-electron chi connectivity index (χ1n) is 6.42. The summed E-state index contributed by atoms with van der Waals surface area (Å²) in [6, 6.07) is 4.91. The number of hydrogen-bond donors (Lipinski definition) is 1. The highest BCUT2D eigenvalue weighted by Crippen LogP contribution is 2.34. The lowest BCUT2D eigenvalue weighted by Crippen LogP contribution is -2.13. The van der Waals surface area contributed by atoms with E-state index in [-0.39, 0.29) is 5.69 Å². The molecule has 0 aliphatic carbocycles. The molecule has 1 heterocycles. The summed E-state index contributed by atoms with van der Waals surface area (Å²) in [5.41, 5.74) is 0.782. The van der Waals surface area contributed by atoms with Gasteiger partial charge in [0.15, 0.2) is 17.3 Å². The van der Waals surface area contributed by atoms with Gasteiger partial charge in [0.1, 0.15) is 0 Å². The van der Waals surface area contributed by atoms with Gasteiger partial charge in [-0.2, -0.15) is 8.42 Å². The molecule has 0 saturated carbocycles. The summed E-state index contributed by atoms with van der Waals surface area (Å²) in [6.45, 7) is 1.66.